The van der Waals surface area contributed by atoms with Crippen LogP contribution in [0.4, 0.5) is 0 Å². The van der Waals surface area contributed by atoms with Crippen LogP contribution in [0.25, 0.3) is 22.2 Å². The number of carbonyl (C=O) groups is 1. The lowest BCUT2D eigenvalue weighted by Crippen LogP contribution is -2.26. The fourth-order valence-electron chi connectivity index (χ4n) is 2.98. The second-order valence-corrected chi connectivity index (χ2v) is 6.75. The molecule has 1 aromatic carbocycles. The molecule has 156 valence electrons. The topological polar surface area (TPSA) is 128 Å². The molecule has 0 bridgehead atoms. The minimum absolute atomic E-state index is 0.201. The molecule has 0 saturated heterocycles. The van der Waals surface area contributed by atoms with Crippen molar-refractivity contribution in [2.24, 2.45) is 11.6 Å². The highest BCUT2D eigenvalue weighted by Gasteiger charge is 2.12. The molecule has 0 aliphatic rings. The first-order valence-corrected chi connectivity index (χ1v) is 9.71. The third-order valence-electron chi connectivity index (χ3n) is 4.51. The van der Waals surface area contributed by atoms with Gasteiger partial charge in [0.2, 0.25) is 0 Å². The monoisotopic (exact) mass is 406 g/mol. The van der Waals surface area contributed by atoms with Crippen molar-refractivity contribution >= 4 is 16.8 Å². The summed E-state index contributed by atoms with van der Waals surface area (Å²) < 4.78 is 5.82. The number of benzene rings is 1. The summed E-state index contributed by atoms with van der Waals surface area (Å²) >= 11 is 0. The highest BCUT2D eigenvalue weighted by Crippen LogP contribution is 2.30. The van der Waals surface area contributed by atoms with E-state index >= 15 is 0 Å². The zero-order valence-electron chi connectivity index (χ0n) is 17.1. The average Bonchev–Trinajstić information content (AvgIpc) is 2.74. The zero-order chi connectivity index (χ0) is 21.5. The van der Waals surface area contributed by atoms with E-state index in [0.29, 0.717) is 36.3 Å². The SMILES string of the molecule is CCOc1cc(-c2ccc(C)nc2)nc2cc(C(=O)NCC/C(N)=C/NN)ccc12. The van der Waals surface area contributed by atoms with Gasteiger partial charge < -0.3 is 21.2 Å². The summed E-state index contributed by atoms with van der Waals surface area (Å²) in [5.41, 5.74) is 12.4. The minimum Gasteiger partial charge on any atom is -0.493 e. The number of pyridine rings is 2. The first-order valence-electron chi connectivity index (χ1n) is 9.71. The molecule has 0 unspecified atom stereocenters. The van der Waals surface area contributed by atoms with E-state index in [2.05, 4.69) is 15.7 Å². The van der Waals surface area contributed by atoms with Gasteiger partial charge in [-0.1, -0.05) is 0 Å². The van der Waals surface area contributed by atoms with Crippen molar-refractivity contribution in [3.63, 3.8) is 0 Å². The number of hydrogen-bond acceptors (Lipinski definition) is 7. The van der Waals surface area contributed by atoms with Crippen molar-refractivity contribution in [3.05, 3.63) is 65.7 Å². The molecular formula is C22H26N6O2. The van der Waals surface area contributed by atoms with Crippen LogP contribution >= 0.6 is 0 Å². The van der Waals surface area contributed by atoms with Crippen LogP contribution in [0.1, 0.15) is 29.4 Å². The fourth-order valence-corrected chi connectivity index (χ4v) is 2.98. The Hall–Kier alpha value is -3.65. The quantitative estimate of drug-likeness (QED) is 0.334. The summed E-state index contributed by atoms with van der Waals surface area (Å²) in [6.07, 6.45) is 3.76. The Morgan fingerprint density at radius 3 is 2.77 bits per heavy atom. The Balaban J connectivity index is 1.90. The molecule has 0 fully saturated rings. The first-order chi connectivity index (χ1) is 14.5. The van der Waals surface area contributed by atoms with E-state index in [1.54, 1.807) is 18.3 Å². The summed E-state index contributed by atoms with van der Waals surface area (Å²) in [5, 5.41) is 3.69. The summed E-state index contributed by atoms with van der Waals surface area (Å²) in [5.74, 6) is 5.70. The summed E-state index contributed by atoms with van der Waals surface area (Å²) in [7, 11) is 0. The molecule has 6 N–H and O–H groups in total. The molecule has 2 aromatic heterocycles. The van der Waals surface area contributed by atoms with Crippen LogP contribution < -0.4 is 27.1 Å². The van der Waals surface area contributed by atoms with Crippen LogP contribution in [0.5, 0.6) is 5.75 Å². The molecule has 0 aliphatic carbocycles. The molecule has 0 saturated carbocycles. The highest BCUT2D eigenvalue weighted by atomic mass is 16.5. The van der Waals surface area contributed by atoms with Crippen molar-refractivity contribution in [2.75, 3.05) is 13.2 Å². The van der Waals surface area contributed by atoms with Crippen LogP contribution in [0.3, 0.4) is 0 Å². The zero-order valence-corrected chi connectivity index (χ0v) is 17.1. The molecule has 3 aromatic rings. The number of nitrogens with one attached hydrogen (secondary N) is 2. The molecule has 0 spiro atoms. The molecule has 30 heavy (non-hydrogen) atoms. The minimum atomic E-state index is -0.201. The van der Waals surface area contributed by atoms with E-state index in [1.165, 1.54) is 6.20 Å². The predicted molar refractivity (Wildman–Crippen MR) is 117 cm³/mol. The molecule has 3 rings (SSSR count). The number of aryl methyl sites for hydroxylation is 1. The number of amides is 1. The molecule has 0 atom stereocenters. The van der Waals surface area contributed by atoms with Gasteiger partial charge in [0.05, 0.1) is 17.8 Å². The Bertz CT molecular complexity index is 1060. The highest BCUT2D eigenvalue weighted by molar-refractivity contribution is 5.99. The predicted octanol–water partition coefficient (Wildman–Crippen LogP) is 2.39. The van der Waals surface area contributed by atoms with Crippen molar-refractivity contribution in [1.82, 2.24) is 20.7 Å². The van der Waals surface area contributed by atoms with Gasteiger partial charge in [-0.25, -0.2) is 4.98 Å². The van der Waals surface area contributed by atoms with Gasteiger partial charge in [0, 0.05) is 59.3 Å². The Morgan fingerprint density at radius 1 is 1.23 bits per heavy atom. The number of fused-ring (bicyclic) bond motifs is 1. The normalized spacial score (nSPS) is 11.4. The Labute approximate surface area is 175 Å². The molecule has 0 aliphatic heterocycles. The maximum absolute atomic E-state index is 12.6. The number of rotatable bonds is 8. The van der Waals surface area contributed by atoms with Gasteiger partial charge >= 0.3 is 0 Å². The second-order valence-electron chi connectivity index (χ2n) is 6.75. The van der Waals surface area contributed by atoms with Crippen molar-refractivity contribution < 1.29 is 9.53 Å². The Morgan fingerprint density at radius 2 is 2.07 bits per heavy atom. The summed E-state index contributed by atoms with van der Waals surface area (Å²) in [6.45, 7) is 4.79. The van der Waals surface area contributed by atoms with Crippen LogP contribution in [-0.2, 0) is 0 Å². The van der Waals surface area contributed by atoms with Crippen molar-refractivity contribution in [2.45, 2.75) is 20.3 Å². The van der Waals surface area contributed by atoms with Gasteiger partial charge in [0.15, 0.2) is 0 Å². The molecule has 0 radical (unpaired) electrons. The molecule has 2 heterocycles. The van der Waals surface area contributed by atoms with E-state index < -0.39 is 0 Å². The maximum Gasteiger partial charge on any atom is 0.251 e. The van der Waals surface area contributed by atoms with E-state index in [4.69, 9.17) is 21.3 Å². The molecule has 8 nitrogen and oxygen atoms in total. The van der Waals surface area contributed by atoms with Gasteiger partial charge in [-0.05, 0) is 44.2 Å². The standard InChI is InChI=1S/C22H26N6O2/c1-3-30-21-11-19(16-5-4-14(2)26-12-16)28-20-10-15(6-7-18(20)21)22(29)25-9-8-17(23)13-27-24/h4-7,10-13,27H,3,8-9,23-24H2,1-2H3,(H,25,29)/b17-13-. The largest absolute Gasteiger partial charge is 0.493 e. The lowest BCUT2D eigenvalue weighted by Gasteiger charge is -2.12. The summed E-state index contributed by atoms with van der Waals surface area (Å²) in [4.78, 5) is 21.6. The maximum atomic E-state index is 12.6. The lowest BCUT2D eigenvalue weighted by molar-refractivity contribution is 0.0954. The van der Waals surface area contributed by atoms with Gasteiger partial charge in [-0.3, -0.25) is 15.6 Å². The number of nitrogens with two attached hydrogens (primary N) is 2. The van der Waals surface area contributed by atoms with Crippen LogP contribution in [-0.4, -0.2) is 29.0 Å². The third kappa shape index (κ3) is 5.03. The van der Waals surface area contributed by atoms with Gasteiger partial charge in [-0.15, -0.1) is 0 Å². The van der Waals surface area contributed by atoms with Crippen LogP contribution in [0.2, 0.25) is 0 Å². The van der Waals surface area contributed by atoms with Gasteiger partial charge in [-0.2, -0.15) is 0 Å². The van der Waals surface area contributed by atoms with E-state index in [9.17, 15) is 4.79 Å². The van der Waals surface area contributed by atoms with E-state index in [1.807, 2.05) is 38.1 Å². The van der Waals surface area contributed by atoms with E-state index in [-0.39, 0.29) is 5.91 Å². The number of hydrazine groups is 1. The van der Waals surface area contributed by atoms with Crippen molar-refractivity contribution in [3.8, 4) is 17.0 Å². The first kappa shape index (κ1) is 21.1. The molecule has 1 amide bonds. The summed E-state index contributed by atoms with van der Waals surface area (Å²) in [6, 6.07) is 11.2. The van der Waals surface area contributed by atoms with Crippen LogP contribution in [0, 0.1) is 6.92 Å². The number of nitrogens with zero attached hydrogens (tertiary/aromatic N) is 2. The second kappa shape index (κ2) is 9.71. The third-order valence-corrected chi connectivity index (χ3v) is 4.51. The lowest BCUT2D eigenvalue weighted by atomic mass is 10.1. The van der Waals surface area contributed by atoms with E-state index in [0.717, 1.165) is 28.1 Å². The number of hydrogen-bond donors (Lipinski definition) is 4. The van der Waals surface area contributed by atoms with Crippen LogP contribution in [0.15, 0.2) is 54.5 Å². The number of aromatic nitrogens is 2. The van der Waals surface area contributed by atoms with Crippen molar-refractivity contribution in [1.29, 1.82) is 0 Å². The number of carbonyl (C=O) groups excluding carboxylic acids is 1. The average molecular weight is 406 g/mol. The fraction of sp³-hybridized carbons (Fsp3) is 0.227. The van der Waals surface area contributed by atoms with Gasteiger partial charge in [0.25, 0.3) is 5.91 Å². The smallest absolute Gasteiger partial charge is 0.251 e. The molecular weight excluding hydrogens is 380 g/mol. The Kier molecular flexibility index (Phi) is 6.82. The number of ether oxygens (including phenoxy) is 1. The van der Waals surface area contributed by atoms with Gasteiger partial charge in [0.1, 0.15) is 5.75 Å². The molecule has 8 heteroatoms.